The zero-order valence-electron chi connectivity index (χ0n) is 15.2. The summed E-state index contributed by atoms with van der Waals surface area (Å²) in [6.07, 6.45) is 3.69. The Morgan fingerprint density at radius 3 is 2.69 bits per heavy atom. The van der Waals surface area contributed by atoms with Gasteiger partial charge in [-0.25, -0.2) is 4.98 Å². The number of pyridine rings is 1. The molecule has 0 amide bonds. The summed E-state index contributed by atoms with van der Waals surface area (Å²) in [5, 5.41) is 2.51. The molecule has 0 aliphatic carbocycles. The molecule has 26 heavy (non-hydrogen) atoms. The fraction of sp³-hybridized carbons (Fsp3) is 0.182. The summed E-state index contributed by atoms with van der Waals surface area (Å²) in [6.45, 7) is 6.19. The van der Waals surface area contributed by atoms with Crippen LogP contribution >= 0.6 is 8.58 Å². The monoisotopic (exact) mass is 359 g/mol. The first-order valence-electron chi connectivity index (χ1n) is 8.84. The summed E-state index contributed by atoms with van der Waals surface area (Å²) < 4.78 is 2.20. The zero-order chi connectivity index (χ0) is 18.1. The largest absolute Gasteiger partial charge is 0.331 e. The van der Waals surface area contributed by atoms with Crippen LogP contribution in [-0.2, 0) is 19.9 Å². The average Bonchev–Trinajstić information content (AvgIpc) is 3.01. The van der Waals surface area contributed by atoms with Gasteiger partial charge < -0.3 is 4.57 Å². The topological polar surface area (TPSA) is 30.7 Å². The normalized spacial score (nSPS) is 11.8. The molecule has 0 saturated heterocycles. The second-order valence-corrected chi connectivity index (χ2v) is 7.47. The first-order valence-corrected chi connectivity index (χ1v) is 10.3. The number of hydrogen-bond donors (Lipinski definition) is 0. The highest BCUT2D eigenvalue weighted by Gasteiger charge is 2.13. The van der Waals surface area contributed by atoms with Crippen molar-refractivity contribution in [1.29, 1.82) is 0 Å². The first-order chi connectivity index (χ1) is 12.7. The molecule has 1 unspecified atom stereocenters. The molecule has 0 aliphatic rings. The lowest BCUT2D eigenvalue weighted by atomic mass is 10.1. The number of aromatic nitrogens is 3. The quantitative estimate of drug-likeness (QED) is 0.492. The second-order valence-electron chi connectivity index (χ2n) is 6.43. The van der Waals surface area contributed by atoms with E-state index in [1.54, 1.807) is 0 Å². The van der Waals surface area contributed by atoms with Gasteiger partial charge in [-0.1, -0.05) is 51.6 Å². The molecule has 2 heterocycles. The van der Waals surface area contributed by atoms with E-state index in [0.717, 1.165) is 44.0 Å². The maximum atomic E-state index is 4.94. The van der Waals surface area contributed by atoms with Crippen molar-refractivity contribution in [3.05, 3.63) is 72.2 Å². The molecule has 0 N–H and O–H groups in total. The lowest BCUT2D eigenvalue weighted by Gasteiger charge is -2.05. The maximum absolute atomic E-state index is 4.94. The molecule has 1 atom stereocenters. The average molecular weight is 359 g/mol. The number of imidazole rings is 1. The predicted molar refractivity (Wildman–Crippen MR) is 114 cm³/mol. The van der Waals surface area contributed by atoms with Crippen molar-refractivity contribution < 1.29 is 0 Å². The van der Waals surface area contributed by atoms with E-state index in [2.05, 4.69) is 61.3 Å². The molecule has 4 heteroatoms. The van der Waals surface area contributed by atoms with Gasteiger partial charge in [-0.3, -0.25) is 4.98 Å². The molecule has 0 spiro atoms. The van der Waals surface area contributed by atoms with E-state index in [9.17, 15) is 0 Å². The molecule has 2 aromatic carbocycles. The lowest BCUT2D eigenvalue weighted by molar-refractivity contribution is 0.778. The van der Waals surface area contributed by atoms with Crippen molar-refractivity contribution in [2.45, 2.75) is 12.8 Å². The number of aryl methyl sites for hydroxylation is 3. The first kappa shape index (κ1) is 16.9. The molecule has 0 bridgehead atoms. The standard InChI is InChI=1S/C22H22N3P/c1-4-17-20(26-3)13-12-19-22(17)24-21(25(19)2)14-11-16-10-9-15-7-5-6-8-18(15)23-16/h4-10,12-13,26H,1,11,14H2,2-3H3. The Hall–Kier alpha value is -2.51. The van der Waals surface area contributed by atoms with Crippen LogP contribution in [0.4, 0.5) is 0 Å². The van der Waals surface area contributed by atoms with Crippen molar-refractivity contribution in [3.8, 4) is 0 Å². The van der Waals surface area contributed by atoms with Crippen LogP contribution in [-0.4, -0.2) is 21.2 Å². The van der Waals surface area contributed by atoms with Gasteiger partial charge in [0.1, 0.15) is 5.82 Å². The zero-order valence-corrected chi connectivity index (χ0v) is 16.2. The fourth-order valence-corrected chi connectivity index (χ4v) is 4.20. The highest BCUT2D eigenvalue weighted by atomic mass is 31.1. The minimum absolute atomic E-state index is 0.743. The molecule has 0 radical (unpaired) electrons. The summed E-state index contributed by atoms with van der Waals surface area (Å²) in [6, 6.07) is 16.9. The Kier molecular flexibility index (Phi) is 4.57. The van der Waals surface area contributed by atoms with Gasteiger partial charge >= 0.3 is 0 Å². The molecular weight excluding hydrogens is 337 g/mol. The van der Waals surface area contributed by atoms with E-state index in [-0.39, 0.29) is 0 Å². The SMILES string of the molecule is C=Cc1c(PC)ccc2c1nc(CCc1ccc3ccccc3n1)n2C. The molecule has 4 rings (SSSR count). The van der Waals surface area contributed by atoms with Crippen LogP contribution in [0.3, 0.4) is 0 Å². The van der Waals surface area contributed by atoms with E-state index < -0.39 is 0 Å². The van der Waals surface area contributed by atoms with Gasteiger partial charge in [-0.2, -0.15) is 0 Å². The van der Waals surface area contributed by atoms with Gasteiger partial charge in [0.25, 0.3) is 0 Å². The molecule has 2 aromatic heterocycles. The Morgan fingerprint density at radius 1 is 1.04 bits per heavy atom. The van der Waals surface area contributed by atoms with Gasteiger partial charge in [-0.05, 0) is 36.6 Å². The van der Waals surface area contributed by atoms with E-state index in [0.29, 0.717) is 0 Å². The van der Waals surface area contributed by atoms with Gasteiger partial charge in [0.15, 0.2) is 0 Å². The number of fused-ring (bicyclic) bond motifs is 2. The van der Waals surface area contributed by atoms with E-state index in [1.807, 2.05) is 18.2 Å². The van der Waals surface area contributed by atoms with Crippen LogP contribution < -0.4 is 5.30 Å². The summed E-state index contributed by atoms with van der Waals surface area (Å²) >= 11 is 0. The van der Waals surface area contributed by atoms with Crippen LogP contribution in [0, 0.1) is 0 Å². The number of benzene rings is 2. The minimum Gasteiger partial charge on any atom is -0.331 e. The van der Waals surface area contributed by atoms with Crippen molar-refractivity contribution in [3.63, 3.8) is 0 Å². The smallest absolute Gasteiger partial charge is 0.110 e. The molecular formula is C22H22N3P. The Morgan fingerprint density at radius 2 is 1.88 bits per heavy atom. The van der Waals surface area contributed by atoms with Crippen LogP contribution in [0.25, 0.3) is 28.0 Å². The summed E-state index contributed by atoms with van der Waals surface area (Å²) in [5.41, 5.74) is 5.57. The lowest BCUT2D eigenvalue weighted by Crippen LogP contribution is -2.02. The van der Waals surface area contributed by atoms with Crippen LogP contribution in [0.15, 0.2) is 55.1 Å². The molecule has 130 valence electrons. The molecule has 4 aromatic rings. The van der Waals surface area contributed by atoms with Crippen LogP contribution in [0.1, 0.15) is 17.1 Å². The van der Waals surface area contributed by atoms with Gasteiger partial charge in [-0.15, -0.1) is 0 Å². The van der Waals surface area contributed by atoms with E-state index in [1.165, 1.54) is 21.8 Å². The van der Waals surface area contributed by atoms with Crippen molar-refractivity contribution in [2.75, 3.05) is 6.66 Å². The highest BCUT2D eigenvalue weighted by molar-refractivity contribution is 7.46. The maximum Gasteiger partial charge on any atom is 0.110 e. The summed E-state index contributed by atoms with van der Waals surface area (Å²) in [4.78, 5) is 9.72. The molecule has 0 saturated carbocycles. The molecule has 0 fully saturated rings. The molecule has 3 nitrogen and oxygen atoms in total. The Balaban J connectivity index is 1.66. The van der Waals surface area contributed by atoms with Gasteiger partial charge in [0.2, 0.25) is 0 Å². The summed E-state index contributed by atoms with van der Waals surface area (Å²) in [7, 11) is 2.84. The van der Waals surface area contributed by atoms with E-state index in [4.69, 9.17) is 9.97 Å². The Bertz CT molecular complexity index is 1110. The number of rotatable bonds is 5. The van der Waals surface area contributed by atoms with E-state index >= 15 is 0 Å². The summed E-state index contributed by atoms with van der Waals surface area (Å²) in [5.74, 6) is 1.09. The van der Waals surface area contributed by atoms with Crippen molar-refractivity contribution in [2.24, 2.45) is 7.05 Å². The third-order valence-electron chi connectivity index (χ3n) is 4.92. The predicted octanol–water partition coefficient (Wildman–Crippen LogP) is 4.48. The highest BCUT2D eigenvalue weighted by Crippen LogP contribution is 2.23. The fourth-order valence-electron chi connectivity index (χ4n) is 3.46. The number of hydrogen-bond acceptors (Lipinski definition) is 2. The third-order valence-corrected chi connectivity index (χ3v) is 5.89. The Labute approximate surface area is 155 Å². The van der Waals surface area contributed by atoms with Crippen molar-refractivity contribution >= 4 is 41.9 Å². The second kappa shape index (κ2) is 7.01. The van der Waals surface area contributed by atoms with Gasteiger partial charge in [0.05, 0.1) is 16.6 Å². The van der Waals surface area contributed by atoms with Crippen molar-refractivity contribution in [1.82, 2.24) is 14.5 Å². The van der Waals surface area contributed by atoms with Gasteiger partial charge in [0, 0.05) is 30.1 Å². The number of para-hydroxylation sites is 1. The molecule has 0 aliphatic heterocycles. The third kappa shape index (κ3) is 2.93. The van der Waals surface area contributed by atoms with Crippen LogP contribution in [0.5, 0.6) is 0 Å². The van der Waals surface area contributed by atoms with Crippen LogP contribution in [0.2, 0.25) is 0 Å². The minimum atomic E-state index is 0.743. The number of nitrogens with zero attached hydrogens (tertiary/aromatic N) is 3.